The highest BCUT2D eigenvalue weighted by Gasteiger charge is 2.07. The van der Waals surface area contributed by atoms with Crippen LogP contribution in [0.1, 0.15) is 17.5 Å². The van der Waals surface area contributed by atoms with Crippen molar-refractivity contribution in [2.45, 2.75) is 12.6 Å². The van der Waals surface area contributed by atoms with Crippen LogP contribution in [0.4, 0.5) is 0 Å². The SMILES string of the molecule is OC(CNCc1ccccn1)c1ccccn1. The molecule has 2 heterocycles. The molecule has 4 heteroatoms. The summed E-state index contributed by atoms with van der Waals surface area (Å²) in [5, 5.41) is 13.0. The van der Waals surface area contributed by atoms with Gasteiger partial charge in [0.2, 0.25) is 0 Å². The summed E-state index contributed by atoms with van der Waals surface area (Å²) in [5.41, 5.74) is 1.64. The van der Waals surface area contributed by atoms with Crippen molar-refractivity contribution in [2.24, 2.45) is 0 Å². The minimum absolute atomic E-state index is 0.466. The van der Waals surface area contributed by atoms with Gasteiger partial charge in [-0.15, -0.1) is 0 Å². The van der Waals surface area contributed by atoms with E-state index in [9.17, 15) is 5.11 Å². The van der Waals surface area contributed by atoms with Crippen LogP contribution in [0.3, 0.4) is 0 Å². The van der Waals surface area contributed by atoms with Crippen LogP contribution in [0.25, 0.3) is 0 Å². The third-order valence-corrected chi connectivity index (χ3v) is 2.40. The topological polar surface area (TPSA) is 58.0 Å². The number of aliphatic hydroxyl groups is 1. The normalized spacial score (nSPS) is 12.3. The Morgan fingerprint density at radius 2 is 1.82 bits per heavy atom. The van der Waals surface area contributed by atoms with Crippen LogP contribution in [0.5, 0.6) is 0 Å². The first kappa shape index (κ1) is 11.7. The lowest BCUT2D eigenvalue weighted by Crippen LogP contribution is -2.22. The maximum Gasteiger partial charge on any atom is 0.108 e. The molecule has 2 rings (SSSR count). The van der Waals surface area contributed by atoms with Crippen molar-refractivity contribution in [3.8, 4) is 0 Å². The fourth-order valence-electron chi connectivity index (χ4n) is 1.52. The summed E-state index contributed by atoms with van der Waals surface area (Å²) < 4.78 is 0. The summed E-state index contributed by atoms with van der Waals surface area (Å²) in [6, 6.07) is 11.3. The van der Waals surface area contributed by atoms with Crippen LogP contribution in [-0.4, -0.2) is 21.6 Å². The Kier molecular flexibility index (Phi) is 4.18. The summed E-state index contributed by atoms with van der Waals surface area (Å²) in [4.78, 5) is 8.29. The molecule has 0 aliphatic carbocycles. The second kappa shape index (κ2) is 6.08. The molecule has 2 aromatic rings. The molecule has 0 aromatic carbocycles. The Balaban J connectivity index is 1.79. The number of nitrogens with one attached hydrogen (secondary N) is 1. The molecule has 2 N–H and O–H groups in total. The van der Waals surface area contributed by atoms with E-state index in [1.54, 1.807) is 12.4 Å². The van der Waals surface area contributed by atoms with Gasteiger partial charge in [0.15, 0.2) is 0 Å². The van der Waals surface area contributed by atoms with E-state index in [1.165, 1.54) is 0 Å². The molecule has 0 saturated carbocycles. The molecule has 0 bridgehead atoms. The average Bonchev–Trinajstić information content (AvgIpc) is 2.41. The molecule has 1 atom stereocenters. The van der Waals surface area contributed by atoms with Gasteiger partial charge in [0, 0.05) is 25.5 Å². The van der Waals surface area contributed by atoms with Crippen LogP contribution >= 0.6 is 0 Å². The first-order valence-corrected chi connectivity index (χ1v) is 5.56. The third-order valence-electron chi connectivity index (χ3n) is 2.40. The van der Waals surface area contributed by atoms with E-state index in [4.69, 9.17) is 0 Å². The number of aromatic nitrogens is 2. The van der Waals surface area contributed by atoms with E-state index < -0.39 is 6.10 Å². The lowest BCUT2D eigenvalue weighted by Gasteiger charge is -2.10. The molecule has 88 valence electrons. The number of aliphatic hydroxyl groups excluding tert-OH is 1. The van der Waals surface area contributed by atoms with Gasteiger partial charge in [0.05, 0.1) is 11.4 Å². The standard InChI is InChI=1S/C13H15N3O/c17-13(12-6-2-4-8-16-12)10-14-9-11-5-1-3-7-15-11/h1-8,13-14,17H,9-10H2. The Hall–Kier alpha value is -1.78. The van der Waals surface area contributed by atoms with Gasteiger partial charge in [-0.25, -0.2) is 0 Å². The number of hydrogen-bond donors (Lipinski definition) is 2. The van der Waals surface area contributed by atoms with Crippen molar-refractivity contribution in [2.75, 3.05) is 6.54 Å². The Bertz CT molecular complexity index is 433. The Labute approximate surface area is 100 Å². The van der Waals surface area contributed by atoms with E-state index in [0.29, 0.717) is 18.8 Å². The van der Waals surface area contributed by atoms with Crippen molar-refractivity contribution in [3.63, 3.8) is 0 Å². The monoisotopic (exact) mass is 229 g/mol. The van der Waals surface area contributed by atoms with Gasteiger partial charge in [-0.2, -0.15) is 0 Å². The smallest absolute Gasteiger partial charge is 0.108 e. The molecule has 0 aliphatic rings. The van der Waals surface area contributed by atoms with Crippen molar-refractivity contribution < 1.29 is 5.11 Å². The van der Waals surface area contributed by atoms with Gasteiger partial charge in [0.1, 0.15) is 6.10 Å². The molecule has 0 amide bonds. The highest BCUT2D eigenvalue weighted by atomic mass is 16.3. The molecule has 1 unspecified atom stereocenters. The van der Waals surface area contributed by atoms with Crippen molar-refractivity contribution >= 4 is 0 Å². The minimum atomic E-state index is -0.583. The zero-order valence-corrected chi connectivity index (χ0v) is 9.45. The zero-order chi connectivity index (χ0) is 11.9. The zero-order valence-electron chi connectivity index (χ0n) is 9.45. The van der Waals surface area contributed by atoms with Crippen LogP contribution < -0.4 is 5.32 Å². The molecule has 0 radical (unpaired) electrons. The van der Waals surface area contributed by atoms with Crippen LogP contribution in [0.15, 0.2) is 48.8 Å². The van der Waals surface area contributed by atoms with Gasteiger partial charge >= 0.3 is 0 Å². The van der Waals surface area contributed by atoms with Gasteiger partial charge in [-0.3, -0.25) is 9.97 Å². The molecule has 0 fully saturated rings. The maximum atomic E-state index is 9.85. The summed E-state index contributed by atoms with van der Waals surface area (Å²) in [6.07, 6.45) is 2.85. The molecule has 0 spiro atoms. The Morgan fingerprint density at radius 1 is 1.06 bits per heavy atom. The van der Waals surface area contributed by atoms with Gasteiger partial charge in [-0.1, -0.05) is 12.1 Å². The predicted octanol–water partition coefficient (Wildman–Crippen LogP) is 1.30. The maximum absolute atomic E-state index is 9.85. The first-order valence-electron chi connectivity index (χ1n) is 5.56. The summed E-state index contributed by atoms with van der Waals surface area (Å²) in [6.45, 7) is 1.11. The van der Waals surface area contributed by atoms with Crippen molar-refractivity contribution in [1.82, 2.24) is 15.3 Å². The van der Waals surface area contributed by atoms with Gasteiger partial charge in [-0.05, 0) is 24.3 Å². The van der Waals surface area contributed by atoms with Gasteiger partial charge < -0.3 is 10.4 Å². The number of nitrogens with zero attached hydrogens (tertiary/aromatic N) is 2. The molecular formula is C13H15N3O. The van der Waals surface area contributed by atoms with E-state index >= 15 is 0 Å². The Morgan fingerprint density at radius 3 is 2.47 bits per heavy atom. The molecular weight excluding hydrogens is 214 g/mol. The summed E-state index contributed by atoms with van der Waals surface area (Å²) in [7, 11) is 0. The molecule has 2 aromatic heterocycles. The lowest BCUT2D eigenvalue weighted by atomic mass is 10.2. The molecule has 4 nitrogen and oxygen atoms in total. The fourth-order valence-corrected chi connectivity index (χ4v) is 1.52. The molecule has 0 aliphatic heterocycles. The van der Waals surface area contributed by atoms with Crippen molar-refractivity contribution in [1.29, 1.82) is 0 Å². The third kappa shape index (κ3) is 3.62. The van der Waals surface area contributed by atoms with E-state index in [-0.39, 0.29) is 0 Å². The number of rotatable bonds is 5. The van der Waals surface area contributed by atoms with E-state index in [1.807, 2.05) is 36.4 Å². The summed E-state index contributed by atoms with van der Waals surface area (Å²) >= 11 is 0. The predicted molar refractivity (Wildman–Crippen MR) is 65.1 cm³/mol. The minimum Gasteiger partial charge on any atom is -0.385 e. The second-order valence-corrected chi connectivity index (χ2v) is 3.72. The van der Waals surface area contributed by atoms with E-state index in [0.717, 1.165) is 5.69 Å². The quantitative estimate of drug-likeness (QED) is 0.811. The molecule has 0 saturated heterocycles. The van der Waals surface area contributed by atoms with E-state index in [2.05, 4.69) is 15.3 Å². The van der Waals surface area contributed by atoms with Crippen molar-refractivity contribution in [3.05, 3.63) is 60.2 Å². The highest BCUT2D eigenvalue weighted by Crippen LogP contribution is 2.07. The number of hydrogen-bond acceptors (Lipinski definition) is 4. The molecule has 17 heavy (non-hydrogen) atoms. The second-order valence-electron chi connectivity index (χ2n) is 3.72. The van der Waals surface area contributed by atoms with Crippen LogP contribution in [-0.2, 0) is 6.54 Å². The fraction of sp³-hybridized carbons (Fsp3) is 0.231. The highest BCUT2D eigenvalue weighted by molar-refractivity contribution is 5.07. The largest absolute Gasteiger partial charge is 0.385 e. The summed E-state index contributed by atoms with van der Waals surface area (Å²) in [5.74, 6) is 0. The first-order chi connectivity index (χ1) is 8.36. The average molecular weight is 229 g/mol. The van der Waals surface area contributed by atoms with Gasteiger partial charge in [0.25, 0.3) is 0 Å². The van der Waals surface area contributed by atoms with Crippen LogP contribution in [0, 0.1) is 0 Å². The number of pyridine rings is 2. The lowest BCUT2D eigenvalue weighted by molar-refractivity contribution is 0.169. The van der Waals surface area contributed by atoms with Crippen LogP contribution in [0.2, 0.25) is 0 Å².